The number of ketones is 1. The molecule has 7 aromatic rings. The van der Waals surface area contributed by atoms with Crippen LogP contribution in [-0.2, 0) is 0 Å². The first-order chi connectivity index (χ1) is 24.6. The summed E-state index contributed by atoms with van der Waals surface area (Å²) in [4.78, 5) is 17.4. The molecule has 0 aliphatic carbocycles. The Bertz CT molecular complexity index is 2150. The van der Waals surface area contributed by atoms with E-state index in [-0.39, 0.29) is 5.78 Å². The average Bonchev–Trinajstić information content (AvgIpc) is 3.18. The minimum absolute atomic E-state index is 0.00843. The van der Waals surface area contributed by atoms with Crippen molar-refractivity contribution in [1.29, 1.82) is 0 Å². The maximum absolute atomic E-state index is 12.9. The number of nitrogens with zero attached hydrogens (tertiary/aromatic N) is 2. The highest BCUT2D eigenvalue weighted by Gasteiger charge is 2.16. The number of hydrogen-bond acceptors (Lipinski definition) is 5. The Morgan fingerprint density at radius 2 is 0.780 bits per heavy atom. The maximum atomic E-state index is 12.9. The van der Waals surface area contributed by atoms with Crippen LogP contribution in [0.1, 0.15) is 21.5 Å². The summed E-state index contributed by atoms with van der Waals surface area (Å²) in [5, 5.41) is 3.21. The quantitative estimate of drug-likeness (QED) is 0.141. The lowest BCUT2D eigenvalue weighted by molar-refractivity contribution is 0.103. The number of carbonyl (C=O) groups is 1. The summed E-state index contributed by atoms with van der Waals surface area (Å²) in [6.07, 6.45) is 0. The summed E-state index contributed by atoms with van der Waals surface area (Å²) in [7, 11) is 1.93. The Hall–Kier alpha value is -6.59. The van der Waals surface area contributed by atoms with Crippen molar-refractivity contribution in [1.82, 2.24) is 0 Å². The largest absolute Gasteiger partial charge is 0.457 e. The maximum Gasteiger partial charge on any atom is 0.193 e. The lowest BCUT2D eigenvalue weighted by Crippen LogP contribution is -2.12. The molecule has 244 valence electrons. The molecule has 5 nitrogen and oxygen atoms in total. The van der Waals surface area contributed by atoms with Crippen molar-refractivity contribution in [3.8, 4) is 11.5 Å². The van der Waals surface area contributed by atoms with Crippen LogP contribution in [0.2, 0.25) is 0 Å². The van der Waals surface area contributed by atoms with E-state index >= 15 is 0 Å². The van der Waals surface area contributed by atoms with Crippen LogP contribution in [0.4, 0.5) is 39.8 Å². The van der Waals surface area contributed by atoms with E-state index in [9.17, 15) is 4.79 Å². The molecule has 0 spiro atoms. The third kappa shape index (κ3) is 7.13. The van der Waals surface area contributed by atoms with Crippen molar-refractivity contribution in [2.75, 3.05) is 22.2 Å². The molecule has 0 aliphatic rings. The normalized spacial score (nSPS) is 10.7. The van der Waals surface area contributed by atoms with Crippen LogP contribution in [0.5, 0.6) is 11.5 Å². The molecule has 5 heteroatoms. The third-order valence-electron chi connectivity index (χ3n) is 8.57. The van der Waals surface area contributed by atoms with Crippen LogP contribution in [0, 0.1) is 6.92 Å². The molecular weight excluding hydrogens is 615 g/mol. The number of ether oxygens (including phenoxy) is 1. The zero-order chi connectivity index (χ0) is 34.3. The molecule has 0 fully saturated rings. The Morgan fingerprint density at radius 1 is 0.440 bits per heavy atom. The highest BCUT2D eigenvalue weighted by molar-refractivity contribution is 6.09. The number of rotatable bonds is 11. The van der Waals surface area contributed by atoms with E-state index in [4.69, 9.17) is 4.74 Å². The van der Waals surface area contributed by atoms with Gasteiger partial charge in [0.05, 0.1) is 0 Å². The number of nitrogens with one attached hydrogen (secondary N) is 1. The number of anilines is 7. The van der Waals surface area contributed by atoms with Crippen LogP contribution in [0.3, 0.4) is 0 Å². The average molecular weight is 652 g/mol. The van der Waals surface area contributed by atoms with Crippen molar-refractivity contribution in [2.45, 2.75) is 6.92 Å². The van der Waals surface area contributed by atoms with E-state index in [0.29, 0.717) is 22.6 Å². The van der Waals surface area contributed by atoms with Crippen LogP contribution in [0.25, 0.3) is 0 Å². The van der Waals surface area contributed by atoms with Crippen LogP contribution in [-0.4, -0.2) is 12.8 Å². The second kappa shape index (κ2) is 14.7. The predicted octanol–water partition coefficient (Wildman–Crippen LogP) is 12.0. The number of aryl methyl sites for hydroxylation is 1. The predicted molar refractivity (Wildman–Crippen MR) is 206 cm³/mol. The Labute approximate surface area is 293 Å². The zero-order valence-corrected chi connectivity index (χ0v) is 28.0. The van der Waals surface area contributed by atoms with Gasteiger partial charge in [0.1, 0.15) is 11.5 Å². The minimum atomic E-state index is -0.00843. The van der Waals surface area contributed by atoms with E-state index in [0.717, 1.165) is 45.4 Å². The summed E-state index contributed by atoms with van der Waals surface area (Å²) in [5.41, 5.74) is 9.77. The molecule has 0 amide bonds. The lowest BCUT2D eigenvalue weighted by atomic mass is 10.0. The van der Waals surface area contributed by atoms with Crippen molar-refractivity contribution in [3.63, 3.8) is 0 Å². The molecule has 50 heavy (non-hydrogen) atoms. The smallest absolute Gasteiger partial charge is 0.193 e. The first kappa shape index (κ1) is 32.0. The van der Waals surface area contributed by atoms with Gasteiger partial charge in [-0.05, 0) is 128 Å². The highest BCUT2D eigenvalue weighted by atomic mass is 16.5. The first-order valence-electron chi connectivity index (χ1n) is 16.6. The molecule has 0 radical (unpaired) electrons. The van der Waals surface area contributed by atoms with Gasteiger partial charge >= 0.3 is 0 Å². The number of para-hydroxylation sites is 2. The van der Waals surface area contributed by atoms with Gasteiger partial charge in [0.2, 0.25) is 0 Å². The van der Waals surface area contributed by atoms with Gasteiger partial charge in [-0.25, -0.2) is 0 Å². The monoisotopic (exact) mass is 651 g/mol. The van der Waals surface area contributed by atoms with Gasteiger partial charge in [0, 0.05) is 58.0 Å². The lowest BCUT2D eigenvalue weighted by Gasteiger charge is -2.28. The fourth-order valence-corrected chi connectivity index (χ4v) is 5.92. The highest BCUT2D eigenvalue weighted by Crippen LogP contribution is 2.39. The summed E-state index contributed by atoms with van der Waals surface area (Å²) in [6, 6.07) is 60.8. The number of hydrogen-bond donors (Lipinski definition) is 1. The van der Waals surface area contributed by atoms with Crippen molar-refractivity contribution in [2.24, 2.45) is 0 Å². The van der Waals surface area contributed by atoms with Gasteiger partial charge < -0.3 is 19.9 Å². The molecule has 0 aromatic heterocycles. The molecule has 7 aromatic carbocycles. The van der Waals surface area contributed by atoms with E-state index < -0.39 is 0 Å². The van der Waals surface area contributed by atoms with E-state index in [2.05, 4.69) is 112 Å². The zero-order valence-electron chi connectivity index (χ0n) is 28.0. The molecule has 0 bridgehead atoms. The van der Waals surface area contributed by atoms with Gasteiger partial charge in [-0.2, -0.15) is 0 Å². The van der Waals surface area contributed by atoms with Crippen molar-refractivity contribution in [3.05, 3.63) is 199 Å². The standard InChI is InChI=1S/C45H37N3O2/c1-33-13-15-34(16-14-33)45(49)35-17-29-43(30-18-35)50-44-31-27-42(28-32-44)48(38-11-7-4-8-12-38)41-25-23-40(24-26-41)47(37-9-5-3-6-10-37)39-21-19-36(46-2)20-22-39/h3-32,46H,1-2H3. The van der Waals surface area contributed by atoms with Crippen LogP contribution >= 0.6 is 0 Å². The molecule has 0 atom stereocenters. The number of benzene rings is 7. The molecule has 7 rings (SSSR count). The van der Waals surface area contributed by atoms with Gasteiger partial charge in [-0.1, -0.05) is 66.2 Å². The molecule has 0 saturated heterocycles. The molecular formula is C45H37N3O2. The molecule has 0 unspecified atom stereocenters. The van der Waals surface area contributed by atoms with E-state index in [1.165, 1.54) is 0 Å². The fourth-order valence-electron chi connectivity index (χ4n) is 5.92. The Balaban J connectivity index is 1.13. The molecule has 0 aliphatic heterocycles. The first-order valence-corrected chi connectivity index (χ1v) is 16.6. The van der Waals surface area contributed by atoms with Crippen molar-refractivity contribution < 1.29 is 9.53 Å². The van der Waals surface area contributed by atoms with Gasteiger partial charge in [-0.15, -0.1) is 0 Å². The van der Waals surface area contributed by atoms with Gasteiger partial charge in [0.15, 0.2) is 5.78 Å². The second-order valence-electron chi connectivity index (χ2n) is 12.0. The molecule has 1 N–H and O–H groups in total. The summed E-state index contributed by atoms with van der Waals surface area (Å²) < 4.78 is 6.18. The SMILES string of the molecule is CNc1ccc(N(c2ccccc2)c2ccc(N(c3ccccc3)c3ccc(Oc4ccc(C(=O)c5ccc(C)cc5)cc4)cc3)cc2)cc1. The topological polar surface area (TPSA) is 44.8 Å². The Morgan fingerprint density at radius 3 is 1.20 bits per heavy atom. The summed E-state index contributed by atoms with van der Waals surface area (Å²) in [5.74, 6) is 1.36. The van der Waals surface area contributed by atoms with Crippen LogP contribution < -0.4 is 19.9 Å². The van der Waals surface area contributed by atoms with Gasteiger partial charge in [0.25, 0.3) is 0 Å². The molecule has 0 heterocycles. The van der Waals surface area contributed by atoms with Crippen molar-refractivity contribution >= 4 is 45.6 Å². The van der Waals surface area contributed by atoms with E-state index in [1.807, 2.05) is 98.9 Å². The summed E-state index contributed by atoms with van der Waals surface area (Å²) in [6.45, 7) is 2.01. The minimum Gasteiger partial charge on any atom is -0.457 e. The van der Waals surface area contributed by atoms with E-state index in [1.54, 1.807) is 0 Å². The second-order valence-corrected chi connectivity index (χ2v) is 12.0. The molecule has 0 saturated carbocycles. The Kier molecular flexibility index (Phi) is 9.38. The van der Waals surface area contributed by atoms with Gasteiger partial charge in [-0.3, -0.25) is 4.79 Å². The number of carbonyl (C=O) groups excluding carboxylic acids is 1. The van der Waals surface area contributed by atoms with Crippen LogP contribution in [0.15, 0.2) is 182 Å². The summed E-state index contributed by atoms with van der Waals surface area (Å²) >= 11 is 0. The fraction of sp³-hybridized carbons (Fsp3) is 0.0444. The third-order valence-corrected chi connectivity index (χ3v) is 8.57.